The summed E-state index contributed by atoms with van der Waals surface area (Å²) >= 11 is 0. The zero-order valence-corrected chi connectivity index (χ0v) is 46.0. The highest BCUT2D eigenvalue weighted by atomic mass is 28.3. The molecule has 0 bridgehead atoms. The normalized spacial score (nSPS) is 12.5. The Morgan fingerprint density at radius 3 is 0.641 bits per heavy atom. The molecule has 2 nitrogen and oxygen atoms in total. The predicted octanol–water partition coefficient (Wildman–Crippen LogP) is 6.55. The number of ether oxygens (including phenoxy) is 2. The highest BCUT2D eigenvalue weighted by molar-refractivity contribution is 7.21. The number of hydrogen-bond donors (Lipinski definition) is 0. The van der Waals surface area contributed by atoms with Gasteiger partial charge in [-0.3, -0.25) is 0 Å². The SMILES string of the molecule is c1ccc([Si](c2ccccc2)(c2ccccc2)c2cc3c4c(c2)Oc2ccc([Si](c5ccccc5)(c5ccccc5)c5ccccc5)cc2B4c2cc([Si](c4ccccc4)(c4ccccc4)c4ccccc4)ccc2O3)cc1. The molecule has 0 unspecified atom stereocenters. The minimum atomic E-state index is -3.03. The molecule has 2 heterocycles. The summed E-state index contributed by atoms with van der Waals surface area (Å²) in [5.41, 5.74) is 3.34. The van der Waals surface area contributed by atoms with E-state index in [4.69, 9.17) is 9.47 Å². The third-order valence-corrected chi connectivity index (χ3v) is 30.9. The van der Waals surface area contributed by atoms with Crippen molar-refractivity contribution in [1.29, 1.82) is 0 Å². The largest absolute Gasteiger partial charge is 0.458 e. The summed E-state index contributed by atoms with van der Waals surface area (Å²) in [5.74, 6) is 3.38. The van der Waals surface area contributed by atoms with Crippen LogP contribution in [0.5, 0.6) is 23.0 Å². The molecule has 0 spiro atoms. The lowest BCUT2D eigenvalue weighted by Gasteiger charge is -2.40. The van der Waals surface area contributed by atoms with Gasteiger partial charge in [-0.05, 0) is 97.4 Å². The Morgan fingerprint density at radius 1 is 0.192 bits per heavy atom. The monoisotopic (exact) mass is 1040 g/mol. The summed E-state index contributed by atoms with van der Waals surface area (Å²) in [4.78, 5) is 0. The molecular weight excluding hydrogens is 992 g/mol. The van der Waals surface area contributed by atoms with E-state index in [1.165, 1.54) is 62.2 Å². The fourth-order valence-corrected chi connectivity index (χ4v) is 27.7. The van der Waals surface area contributed by atoms with E-state index < -0.39 is 24.2 Å². The molecule has 6 heteroatoms. The summed E-state index contributed by atoms with van der Waals surface area (Å²) in [7, 11) is -8.98. The lowest BCUT2D eigenvalue weighted by atomic mass is 9.35. The maximum atomic E-state index is 7.54. The van der Waals surface area contributed by atoms with Gasteiger partial charge in [0.15, 0.2) is 24.2 Å². The van der Waals surface area contributed by atoms with Gasteiger partial charge >= 0.3 is 0 Å². The van der Waals surface area contributed by atoms with Crippen LogP contribution in [0.15, 0.2) is 322 Å². The summed E-state index contributed by atoms with van der Waals surface area (Å²) in [5, 5.41) is 15.6. The number of benzene rings is 12. The first kappa shape index (κ1) is 47.4. The fraction of sp³-hybridized carbons (Fsp3) is 0. The average molecular weight is 1050 g/mol. The highest BCUT2D eigenvalue weighted by Gasteiger charge is 2.49. The summed E-state index contributed by atoms with van der Waals surface area (Å²) in [6.45, 7) is -0.235. The van der Waals surface area contributed by atoms with Crippen LogP contribution in [0.1, 0.15) is 0 Å². The first-order valence-electron chi connectivity index (χ1n) is 27.0. The Morgan fingerprint density at radius 2 is 0.410 bits per heavy atom. The van der Waals surface area contributed by atoms with Gasteiger partial charge in [-0.15, -0.1) is 0 Å². The van der Waals surface area contributed by atoms with Crippen LogP contribution in [0.3, 0.4) is 0 Å². The molecule has 78 heavy (non-hydrogen) atoms. The zero-order chi connectivity index (χ0) is 51.9. The van der Waals surface area contributed by atoms with Crippen molar-refractivity contribution in [3.05, 3.63) is 322 Å². The minimum absolute atomic E-state index is 0.235. The first-order valence-corrected chi connectivity index (χ1v) is 33.0. The molecule has 0 radical (unpaired) electrons. The van der Waals surface area contributed by atoms with Gasteiger partial charge in [0.05, 0.1) is 0 Å². The molecule has 12 aromatic carbocycles. The van der Waals surface area contributed by atoms with Gasteiger partial charge in [0, 0.05) is 5.46 Å². The smallest absolute Gasteiger partial charge is 0.260 e. The lowest BCUT2D eigenvalue weighted by molar-refractivity contribution is 0.465. The molecular formula is C72H53BO2Si3. The summed E-state index contributed by atoms with van der Waals surface area (Å²) in [6.07, 6.45) is 0. The quantitative estimate of drug-likeness (QED) is 0.102. The van der Waals surface area contributed by atoms with Gasteiger partial charge < -0.3 is 9.47 Å². The Labute approximate surface area is 460 Å². The van der Waals surface area contributed by atoms with Gasteiger partial charge in [-0.25, -0.2) is 0 Å². The van der Waals surface area contributed by atoms with Crippen molar-refractivity contribution in [1.82, 2.24) is 0 Å². The molecule has 0 atom stereocenters. The standard InChI is InChI=1S/C72H53BO2Si3/c1-10-28-54(29-11-1)76(55-30-12-2-13-31-55,56-32-14-3-15-33-56)63-46-48-68-66(50-63)73-67-51-64(77(57-34-16-4-17-35-57,58-36-18-5-19-37-58)59-38-20-6-21-39-59)47-49-69(67)75-71-53-65(52-70(74-68)72(71)73)78(60-40-22-7-23-41-60,61-42-24-8-25-43-61)62-44-26-9-27-45-62/h1-53H. The van der Waals surface area contributed by atoms with Gasteiger partial charge in [0.25, 0.3) is 6.71 Å². The van der Waals surface area contributed by atoms with E-state index in [2.05, 4.69) is 322 Å². The Hall–Kier alpha value is -9.04. The number of fused-ring (bicyclic) bond motifs is 4. The third-order valence-electron chi connectivity index (χ3n) is 16.6. The predicted molar refractivity (Wildman–Crippen MR) is 335 cm³/mol. The third kappa shape index (κ3) is 7.51. The Bertz CT molecular complexity index is 3570. The molecule has 0 N–H and O–H groups in total. The average Bonchev–Trinajstić information content (AvgIpc) is 3.61. The Balaban J connectivity index is 1.07. The second kappa shape index (κ2) is 19.8. The van der Waals surface area contributed by atoms with Crippen molar-refractivity contribution >= 4 is 110 Å². The molecule has 0 saturated carbocycles. The second-order valence-corrected chi connectivity index (χ2v) is 32.0. The van der Waals surface area contributed by atoms with Crippen molar-refractivity contribution < 1.29 is 9.47 Å². The molecule has 2 aliphatic heterocycles. The van der Waals surface area contributed by atoms with E-state index >= 15 is 0 Å². The van der Waals surface area contributed by atoms with E-state index in [0.29, 0.717) is 0 Å². The maximum Gasteiger partial charge on any atom is 0.260 e. The van der Waals surface area contributed by atoms with Crippen LogP contribution in [0.4, 0.5) is 0 Å². The summed E-state index contributed by atoms with van der Waals surface area (Å²) in [6, 6.07) is 120. The van der Waals surface area contributed by atoms with E-state index in [-0.39, 0.29) is 6.71 Å². The van der Waals surface area contributed by atoms with E-state index in [1.807, 2.05) is 0 Å². The maximum absolute atomic E-state index is 7.54. The zero-order valence-electron chi connectivity index (χ0n) is 43.0. The number of hydrogen-bond acceptors (Lipinski definition) is 2. The fourth-order valence-electron chi connectivity index (χ4n) is 13.4. The summed E-state index contributed by atoms with van der Waals surface area (Å²) < 4.78 is 15.1. The van der Waals surface area contributed by atoms with Gasteiger partial charge in [-0.2, -0.15) is 0 Å². The molecule has 0 amide bonds. The van der Waals surface area contributed by atoms with Crippen LogP contribution in [0.25, 0.3) is 0 Å². The van der Waals surface area contributed by atoms with Crippen LogP contribution < -0.4 is 88.1 Å². The minimum Gasteiger partial charge on any atom is -0.458 e. The molecule has 0 aromatic heterocycles. The van der Waals surface area contributed by atoms with Gasteiger partial charge in [0.1, 0.15) is 23.0 Å². The molecule has 0 aliphatic carbocycles. The van der Waals surface area contributed by atoms with Crippen LogP contribution in [0.2, 0.25) is 0 Å². The van der Waals surface area contributed by atoms with Crippen LogP contribution in [-0.2, 0) is 0 Å². The molecule has 12 aromatic rings. The molecule has 2 aliphatic rings. The van der Waals surface area contributed by atoms with E-state index in [0.717, 1.165) is 39.4 Å². The van der Waals surface area contributed by atoms with Crippen LogP contribution >= 0.6 is 0 Å². The topological polar surface area (TPSA) is 18.5 Å². The van der Waals surface area contributed by atoms with Crippen molar-refractivity contribution in [2.75, 3.05) is 0 Å². The van der Waals surface area contributed by atoms with Crippen LogP contribution in [-0.4, -0.2) is 30.9 Å². The Kier molecular flexibility index (Phi) is 12.1. The van der Waals surface area contributed by atoms with E-state index in [1.54, 1.807) is 0 Å². The van der Waals surface area contributed by atoms with Crippen molar-refractivity contribution in [2.24, 2.45) is 0 Å². The van der Waals surface area contributed by atoms with Crippen molar-refractivity contribution in [3.63, 3.8) is 0 Å². The van der Waals surface area contributed by atoms with Crippen molar-refractivity contribution in [2.45, 2.75) is 0 Å². The molecule has 0 saturated heterocycles. The first-order chi connectivity index (χ1) is 38.7. The van der Waals surface area contributed by atoms with Crippen LogP contribution in [0, 0.1) is 0 Å². The highest BCUT2D eigenvalue weighted by Crippen LogP contribution is 2.35. The van der Waals surface area contributed by atoms with Crippen molar-refractivity contribution in [3.8, 4) is 23.0 Å². The second-order valence-electron chi connectivity index (χ2n) is 20.6. The lowest BCUT2D eigenvalue weighted by Crippen LogP contribution is -2.76. The van der Waals surface area contributed by atoms with Gasteiger partial charge in [-0.1, -0.05) is 297 Å². The molecule has 0 fully saturated rings. The molecule has 14 rings (SSSR count). The number of rotatable bonds is 12. The van der Waals surface area contributed by atoms with Gasteiger partial charge in [0.2, 0.25) is 0 Å². The van der Waals surface area contributed by atoms with E-state index in [9.17, 15) is 0 Å². The molecule has 368 valence electrons.